The maximum Gasteiger partial charge on any atom is 0.228 e. The van der Waals surface area contributed by atoms with Crippen molar-refractivity contribution in [3.63, 3.8) is 0 Å². The van der Waals surface area contributed by atoms with E-state index in [9.17, 15) is 4.79 Å². The Morgan fingerprint density at radius 2 is 1.95 bits per heavy atom. The Hall–Kier alpha value is -1.42. The molecule has 1 aliphatic rings. The number of anilines is 1. The number of hydrogen-bond donors (Lipinski definition) is 1. The van der Waals surface area contributed by atoms with E-state index >= 15 is 0 Å². The summed E-state index contributed by atoms with van der Waals surface area (Å²) in [5, 5.41) is 0. The average molecular weight is 261 g/mol. The van der Waals surface area contributed by atoms with Crippen LogP contribution in [0.4, 0.5) is 5.69 Å². The fraction of sp³-hybridized carbons (Fsp3) is 0.600. The molecule has 2 N–H and O–H groups in total. The van der Waals surface area contributed by atoms with Gasteiger partial charge in [0.1, 0.15) is 0 Å². The highest BCUT2D eigenvalue weighted by Crippen LogP contribution is 2.29. The quantitative estimate of drug-likeness (QED) is 0.905. The van der Waals surface area contributed by atoms with Crippen molar-refractivity contribution in [2.45, 2.75) is 51.0 Å². The van der Waals surface area contributed by atoms with Crippen LogP contribution in [0.3, 0.4) is 0 Å². The van der Waals surface area contributed by atoms with Crippen molar-refractivity contribution in [1.82, 2.24) is 4.98 Å². The summed E-state index contributed by atoms with van der Waals surface area (Å²) in [4.78, 5) is 18.3. The molecule has 0 spiro atoms. The predicted molar refractivity (Wildman–Crippen MR) is 76.9 cm³/mol. The van der Waals surface area contributed by atoms with Crippen molar-refractivity contribution in [1.29, 1.82) is 0 Å². The van der Waals surface area contributed by atoms with Crippen LogP contribution < -0.4 is 10.6 Å². The van der Waals surface area contributed by atoms with E-state index in [4.69, 9.17) is 5.73 Å². The zero-order chi connectivity index (χ0) is 13.7. The normalized spacial score (nSPS) is 18.0. The minimum atomic E-state index is -0.296. The van der Waals surface area contributed by atoms with Gasteiger partial charge >= 0.3 is 0 Å². The molecule has 1 aromatic heterocycles. The summed E-state index contributed by atoms with van der Waals surface area (Å²) in [7, 11) is 0. The second-order valence-corrected chi connectivity index (χ2v) is 5.44. The third kappa shape index (κ3) is 3.53. The van der Waals surface area contributed by atoms with Gasteiger partial charge in [0.15, 0.2) is 0 Å². The summed E-state index contributed by atoms with van der Waals surface area (Å²) in [6, 6.07) is 3.73. The lowest BCUT2D eigenvalue weighted by Crippen LogP contribution is -2.47. The van der Waals surface area contributed by atoms with Crippen LogP contribution in [-0.4, -0.2) is 23.0 Å². The minimum absolute atomic E-state index is 0.123. The molecule has 0 aliphatic heterocycles. The standard InChI is InChI=1S/C15H23N3O/c1-2-18(13-6-10-17-11-7-13)14(19)12-15(16)8-4-3-5-9-15/h6-7,10-11H,2-5,8-9,12,16H2,1H3. The van der Waals surface area contributed by atoms with Crippen LogP contribution in [0.1, 0.15) is 45.4 Å². The third-order valence-electron chi connectivity index (χ3n) is 3.94. The monoisotopic (exact) mass is 261 g/mol. The Labute approximate surface area is 115 Å². The molecule has 0 bridgehead atoms. The third-order valence-corrected chi connectivity index (χ3v) is 3.94. The molecule has 0 unspecified atom stereocenters. The van der Waals surface area contributed by atoms with Crippen molar-refractivity contribution in [3.05, 3.63) is 24.5 Å². The molecule has 2 rings (SSSR count). The summed E-state index contributed by atoms with van der Waals surface area (Å²) >= 11 is 0. The molecule has 1 saturated carbocycles. The molecule has 4 heteroatoms. The van der Waals surface area contributed by atoms with Crippen LogP contribution in [0.25, 0.3) is 0 Å². The number of hydrogen-bond acceptors (Lipinski definition) is 3. The van der Waals surface area contributed by atoms with E-state index in [1.807, 2.05) is 19.1 Å². The minimum Gasteiger partial charge on any atom is -0.325 e. The Bertz CT molecular complexity index is 413. The highest BCUT2D eigenvalue weighted by Gasteiger charge is 2.31. The maximum absolute atomic E-state index is 12.5. The molecule has 1 aromatic rings. The number of aromatic nitrogens is 1. The largest absolute Gasteiger partial charge is 0.325 e. The van der Waals surface area contributed by atoms with Crippen LogP contribution >= 0.6 is 0 Å². The van der Waals surface area contributed by atoms with Crippen LogP contribution in [-0.2, 0) is 4.79 Å². The second-order valence-electron chi connectivity index (χ2n) is 5.44. The van der Waals surface area contributed by atoms with Crippen LogP contribution in [0, 0.1) is 0 Å². The Balaban J connectivity index is 2.05. The molecule has 0 saturated heterocycles. The molecule has 104 valence electrons. The van der Waals surface area contributed by atoms with Gasteiger partial charge in [0.05, 0.1) is 0 Å². The molecule has 0 radical (unpaired) electrons. The molecule has 1 heterocycles. The number of amides is 1. The zero-order valence-corrected chi connectivity index (χ0v) is 11.6. The lowest BCUT2D eigenvalue weighted by Gasteiger charge is -2.34. The number of nitrogens with two attached hydrogens (primary N) is 1. The van der Waals surface area contributed by atoms with Gasteiger partial charge in [-0.3, -0.25) is 9.78 Å². The van der Waals surface area contributed by atoms with Gasteiger partial charge in [-0.05, 0) is 31.9 Å². The van der Waals surface area contributed by atoms with Crippen molar-refractivity contribution < 1.29 is 4.79 Å². The topological polar surface area (TPSA) is 59.2 Å². The molecule has 0 atom stereocenters. The first kappa shape index (κ1) is 14.0. The number of nitrogens with zero attached hydrogens (tertiary/aromatic N) is 2. The number of carbonyl (C=O) groups is 1. The molecular weight excluding hydrogens is 238 g/mol. The van der Waals surface area contributed by atoms with E-state index in [1.54, 1.807) is 17.3 Å². The van der Waals surface area contributed by atoms with Crippen molar-refractivity contribution >= 4 is 11.6 Å². The summed E-state index contributed by atoms with van der Waals surface area (Å²) in [5.74, 6) is 0.123. The number of rotatable bonds is 4. The van der Waals surface area contributed by atoms with Crippen molar-refractivity contribution in [2.24, 2.45) is 5.73 Å². The summed E-state index contributed by atoms with van der Waals surface area (Å²) < 4.78 is 0. The highest BCUT2D eigenvalue weighted by atomic mass is 16.2. The van der Waals surface area contributed by atoms with Crippen LogP contribution in [0.5, 0.6) is 0 Å². The summed E-state index contributed by atoms with van der Waals surface area (Å²) in [6.07, 6.45) is 9.34. The molecule has 1 fully saturated rings. The van der Waals surface area contributed by atoms with Gasteiger partial charge in [-0.25, -0.2) is 0 Å². The smallest absolute Gasteiger partial charge is 0.228 e. The van der Waals surface area contributed by atoms with Gasteiger partial charge < -0.3 is 10.6 Å². The molecule has 1 amide bonds. The van der Waals surface area contributed by atoms with E-state index in [0.717, 1.165) is 31.4 Å². The SMILES string of the molecule is CCN(C(=O)CC1(N)CCCCC1)c1ccncc1. The maximum atomic E-state index is 12.5. The lowest BCUT2D eigenvalue weighted by molar-refractivity contribution is -0.120. The van der Waals surface area contributed by atoms with Gasteiger partial charge in [0.25, 0.3) is 0 Å². The molecule has 0 aromatic carbocycles. The van der Waals surface area contributed by atoms with E-state index in [1.165, 1.54) is 6.42 Å². The molecule has 19 heavy (non-hydrogen) atoms. The Kier molecular flexibility index (Phi) is 4.53. The van der Waals surface area contributed by atoms with Gasteiger partial charge in [-0.1, -0.05) is 19.3 Å². The number of carbonyl (C=O) groups excluding carboxylic acids is 1. The molecule has 4 nitrogen and oxygen atoms in total. The van der Waals surface area contributed by atoms with Gasteiger partial charge in [-0.15, -0.1) is 0 Å². The first-order chi connectivity index (χ1) is 9.14. The Morgan fingerprint density at radius 1 is 1.32 bits per heavy atom. The van der Waals surface area contributed by atoms with Gasteiger partial charge in [-0.2, -0.15) is 0 Å². The second kappa shape index (κ2) is 6.15. The van der Waals surface area contributed by atoms with Gasteiger partial charge in [0, 0.05) is 36.6 Å². The van der Waals surface area contributed by atoms with Crippen molar-refractivity contribution in [3.8, 4) is 0 Å². The van der Waals surface area contributed by atoms with E-state index in [0.29, 0.717) is 13.0 Å². The fourth-order valence-electron chi connectivity index (χ4n) is 2.86. The average Bonchev–Trinajstić information content (AvgIpc) is 2.41. The molecular formula is C15H23N3O. The molecule has 1 aliphatic carbocycles. The van der Waals surface area contributed by atoms with Crippen LogP contribution in [0.2, 0.25) is 0 Å². The first-order valence-electron chi connectivity index (χ1n) is 7.14. The van der Waals surface area contributed by atoms with E-state index in [2.05, 4.69) is 4.98 Å². The van der Waals surface area contributed by atoms with E-state index in [-0.39, 0.29) is 11.4 Å². The highest BCUT2D eigenvalue weighted by molar-refractivity contribution is 5.93. The number of pyridine rings is 1. The zero-order valence-electron chi connectivity index (χ0n) is 11.6. The van der Waals surface area contributed by atoms with E-state index < -0.39 is 0 Å². The first-order valence-corrected chi connectivity index (χ1v) is 7.14. The fourth-order valence-corrected chi connectivity index (χ4v) is 2.86. The summed E-state index contributed by atoms with van der Waals surface area (Å²) in [6.45, 7) is 2.65. The van der Waals surface area contributed by atoms with Gasteiger partial charge in [0.2, 0.25) is 5.91 Å². The lowest BCUT2D eigenvalue weighted by atomic mass is 9.80. The summed E-state index contributed by atoms with van der Waals surface area (Å²) in [5.41, 5.74) is 6.98. The predicted octanol–water partition coefficient (Wildman–Crippen LogP) is 2.49. The van der Waals surface area contributed by atoms with Crippen LogP contribution in [0.15, 0.2) is 24.5 Å². The Morgan fingerprint density at radius 3 is 2.53 bits per heavy atom. The van der Waals surface area contributed by atoms with Crippen molar-refractivity contribution in [2.75, 3.05) is 11.4 Å².